The summed E-state index contributed by atoms with van der Waals surface area (Å²) in [5.41, 5.74) is 5.41. The Labute approximate surface area is 104 Å². The minimum Gasteiger partial charge on any atom is -0.396 e. The standard InChI is InChI=1S/C12H25N3O2/c1-14(6-2-5-13)12(17)4-8-15-7-3-11(9-15)10-16/h11,16H,2-10,13H2,1H3. The van der Waals surface area contributed by atoms with E-state index in [1.807, 2.05) is 7.05 Å². The Hall–Kier alpha value is -0.650. The maximum absolute atomic E-state index is 11.8. The van der Waals surface area contributed by atoms with E-state index in [1.165, 1.54) is 0 Å². The topological polar surface area (TPSA) is 69.8 Å². The maximum atomic E-state index is 11.8. The lowest BCUT2D eigenvalue weighted by Crippen LogP contribution is -2.32. The molecule has 1 unspecified atom stereocenters. The summed E-state index contributed by atoms with van der Waals surface area (Å²) in [6.07, 6.45) is 2.48. The number of rotatable bonds is 7. The van der Waals surface area contributed by atoms with E-state index in [2.05, 4.69) is 4.90 Å². The third-order valence-electron chi connectivity index (χ3n) is 3.39. The molecular formula is C12H25N3O2. The van der Waals surface area contributed by atoms with E-state index < -0.39 is 0 Å². The van der Waals surface area contributed by atoms with Crippen LogP contribution in [0.1, 0.15) is 19.3 Å². The van der Waals surface area contributed by atoms with Gasteiger partial charge in [-0.15, -0.1) is 0 Å². The maximum Gasteiger partial charge on any atom is 0.223 e. The van der Waals surface area contributed by atoms with Crippen LogP contribution in [0.2, 0.25) is 0 Å². The molecule has 0 aliphatic carbocycles. The van der Waals surface area contributed by atoms with Crippen molar-refractivity contribution in [3.8, 4) is 0 Å². The normalized spacial score (nSPS) is 20.8. The van der Waals surface area contributed by atoms with E-state index in [9.17, 15) is 4.79 Å². The second-order valence-electron chi connectivity index (χ2n) is 4.85. The SMILES string of the molecule is CN(CCCN)C(=O)CCN1CCC(CO)C1. The zero-order chi connectivity index (χ0) is 12.7. The van der Waals surface area contributed by atoms with Gasteiger partial charge in [-0.2, -0.15) is 0 Å². The van der Waals surface area contributed by atoms with Crippen molar-refractivity contribution in [2.75, 3.05) is 46.4 Å². The minimum absolute atomic E-state index is 0.186. The van der Waals surface area contributed by atoms with Gasteiger partial charge in [-0.25, -0.2) is 0 Å². The van der Waals surface area contributed by atoms with E-state index in [4.69, 9.17) is 10.8 Å². The summed E-state index contributed by atoms with van der Waals surface area (Å²) in [4.78, 5) is 15.8. The van der Waals surface area contributed by atoms with Crippen LogP contribution in [0, 0.1) is 5.92 Å². The van der Waals surface area contributed by atoms with Crippen LogP contribution >= 0.6 is 0 Å². The van der Waals surface area contributed by atoms with Gasteiger partial charge >= 0.3 is 0 Å². The third-order valence-corrected chi connectivity index (χ3v) is 3.39. The third kappa shape index (κ3) is 5.02. The number of carbonyl (C=O) groups excluding carboxylic acids is 1. The van der Waals surface area contributed by atoms with Crippen molar-refractivity contribution in [2.45, 2.75) is 19.3 Å². The Morgan fingerprint density at radius 1 is 1.59 bits per heavy atom. The van der Waals surface area contributed by atoms with E-state index in [1.54, 1.807) is 4.90 Å². The zero-order valence-electron chi connectivity index (χ0n) is 10.8. The zero-order valence-corrected chi connectivity index (χ0v) is 10.8. The highest BCUT2D eigenvalue weighted by Crippen LogP contribution is 2.15. The van der Waals surface area contributed by atoms with Crippen LogP contribution in [0.15, 0.2) is 0 Å². The van der Waals surface area contributed by atoms with Crippen LogP contribution in [0.5, 0.6) is 0 Å². The van der Waals surface area contributed by atoms with Crippen molar-refractivity contribution in [3.05, 3.63) is 0 Å². The molecule has 17 heavy (non-hydrogen) atoms. The predicted octanol–water partition coefficient (Wildman–Crippen LogP) is -0.502. The van der Waals surface area contributed by atoms with Crippen molar-refractivity contribution in [3.63, 3.8) is 0 Å². The minimum atomic E-state index is 0.186. The van der Waals surface area contributed by atoms with E-state index >= 15 is 0 Å². The molecule has 0 spiro atoms. The first-order valence-electron chi connectivity index (χ1n) is 6.44. The number of nitrogens with zero attached hydrogens (tertiary/aromatic N) is 2. The largest absolute Gasteiger partial charge is 0.396 e. The van der Waals surface area contributed by atoms with Gasteiger partial charge in [0.15, 0.2) is 0 Å². The number of carbonyl (C=O) groups is 1. The molecule has 1 amide bonds. The lowest BCUT2D eigenvalue weighted by atomic mass is 10.1. The van der Waals surface area contributed by atoms with Crippen molar-refractivity contribution < 1.29 is 9.90 Å². The molecule has 0 radical (unpaired) electrons. The van der Waals surface area contributed by atoms with Crippen molar-refractivity contribution in [2.24, 2.45) is 11.7 Å². The summed E-state index contributed by atoms with van der Waals surface area (Å²) < 4.78 is 0. The van der Waals surface area contributed by atoms with Crippen LogP contribution in [0.4, 0.5) is 0 Å². The first kappa shape index (κ1) is 14.4. The average Bonchev–Trinajstić information content (AvgIpc) is 2.80. The molecule has 1 rings (SSSR count). The van der Waals surface area contributed by atoms with E-state index in [0.29, 0.717) is 18.9 Å². The highest BCUT2D eigenvalue weighted by atomic mass is 16.3. The van der Waals surface area contributed by atoms with Crippen molar-refractivity contribution in [1.82, 2.24) is 9.80 Å². The molecule has 0 bridgehead atoms. The van der Waals surface area contributed by atoms with Crippen LogP contribution in [-0.2, 0) is 4.79 Å². The Morgan fingerprint density at radius 2 is 2.35 bits per heavy atom. The van der Waals surface area contributed by atoms with Gasteiger partial charge in [-0.1, -0.05) is 0 Å². The van der Waals surface area contributed by atoms with Crippen molar-refractivity contribution >= 4 is 5.91 Å². The van der Waals surface area contributed by atoms with Crippen molar-refractivity contribution in [1.29, 1.82) is 0 Å². The number of hydrogen-bond donors (Lipinski definition) is 2. The molecular weight excluding hydrogens is 218 g/mol. The smallest absolute Gasteiger partial charge is 0.223 e. The fourth-order valence-corrected chi connectivity index (χ4v) is 2.16. The quantitative estimate of drug-likeness (QED) is 0.632. The fourth-order valence-electron chi connectivity index (χ4n) is 2.16. The summed E-state index contributed by atoms with van der Waals surface area (Å²) >= 11 is 0. The van der Waals surface area contributed by atoms with Gasteiger partial charge in [0.2, 0.25) is 5.91 Å². The number of aliphatic hydroxyl groups is 1. The Bertz CT molecular complexity index is 236. The number of nitrogens with two attached hydrogens (primary N) is 1. The molecule has 0 aromatic carbocycles. The Balaban J connectivity index is 2.15. The molecule has 0 aromatic rings. The van der Waals surface area contributed by atoms with Gasteiger partial charge in [0.05, 0.1) is 0 Å². The fraction of sp³-hybridized carbons (Fsp3) is 0.917. The van der Waals surface area contributed by atoms with Crippen LogP contribution in [-0.4, -0.2) is 67.2 Å². The van der Waals surface area contributed by atoms with Crippen LogP contribution < -0.4 is 5.73 Å². The second kappa shape index (κ2) is 7.63. The second-order valence-corrected chi connectivity index (χ2v) is 4.85. The first-order chi connectivity index (χ1) is 8.17. The van der Waals surface area contributed by atoms with Crippen LogP contribution in [0.25, 0.3) is 0 Å². The average molecular weight is 243 g/mol. The molecule has 5 nitrogen and oxygen atoms in total. The molecule has 100 valence electrons. The molecule has 3 N–H and O–H groups in total. The number of likely N-dealkylation sites (tertiary alicyclic amines) is 1. The molecule has 1 heterocycles. The predicted molar refractivity (Wildman–Crippen MR) is 67.6 cm³/mol. The summed E-state index contributed by atoms with van der Waals surface area (Å²) in [6, 6.07) is 0. The number of aliphatic hydroxyl groups excluding tert-OH is 1. The molecule has 1 fully saturated rings. The molecule has 0 aromatic heterocycles. The number of amides is 1. The van der Waals surface area contributed by atoms with Crippen LogP contribution in [0.3, 0.4) is 0 Å². The summed E-state index contributed by atoms with van der Waals surface area (Å²) in [5.74, 6) is 0.589. The molecule has 5 heteroatoms. The monoisotopic (exact) mass is 243 g/mol. The Kier molecular flexibility index (Phi) is 6.47. The van der Waals surface area contributed by atoms with Gasteiger partial charge in [0.1, 0.15) is 0 Å². The Morgan fingerprint density at radius 3 is 2.94 bits per heavy atom. The highest BCUT2D eigenvalue weighted by molar-refractivity contribution is 5.76. The molecule has 1 aliphatic rings. The highest BCUT2D eigenvalue weighted by Gasteiger charge is 2.22. The lowest BCUT2D eigenvalue weighted by Gasteiger charge is -2.19. The first-order valence-corrected chi connectivity index (χ1v) is 6.44. The van der Waals surface area contributed by atoms with Gasteiger partial charge in [0, 0.05) is 39.7 Å². The van der Waals surface area contributed by atoms with E-state index in [-0.39, 0.29) is 12.5 Å². The summed E-state index contributed by atoms with van der Waals surface area (Å²) in [7, 11) is 1.83. The summed E-state index contributed by atoms with van der Waals surface area (Å²) in [5, 5.41) is 9.03. The number of hydrogen-bond acceptors (Lipinski definition) is 4. The van der Waals surface area contributed by atoms with Gasteiger partial charge in [0.25, 0.3) is 0 Å². The lowest BCUT2D eigenvalue weighted by molar-refractivity contribution is -0.130. The van der Waals surface area contributed by atoms with E-state index in [0.717, 1.165) is 39.0 Å². The molecule has 1 atom stereocenters. The summed E-state index contributed by atoms with van der Waals surface area (Å²) in [6.45, 7) is 4.38. The molecule has 0 saturated carbocycles. The van der Waals surface area contributed by atoms with Gasteiger partial charge < -0.3 is 20.6 Å². The molecule has 1 aliphatic heterocycles. The molecule has 1 saturated heterocycles. The van der Waals surface area contributed by atoms with Gasteiger partial charge in [-0.3, -0.25) is 4.79 Å². The van der Waals surface area contributed by atoms with Gasteiger partial charge in [-0.05, 0) is 31.8 Å².